The highest BCUT2D eigenvalue weighted by atomic mass is 35.5. The van der Waals surface area contributed by atoms with Gasteiger partial charge in [-0.3, -0.25) is 4.79 Å². The van der Waals surface area contributed by atoms with Crippen LogP contribution in [0.1, 0.15) is 19.8 Å². The number of thioether (sulfide) groups is 1. The van der Waals surface area contributed by atoms with E-state index in [0.29, 0.717) is 16.5 Å². The van der Waals surface area contributed by atoms with Gasteiger partial charge in [-0.1, -0.05) is 30.1 Å². The summed E-state index contributed by atoms with van der Waals surface area (Å²) in [6.45, 7) is 2.86. The van der Waals surface area contributed by atoms with Gasteiger partial charge in [-0.15, -0.1) is 11.8 Å². The minimum absolute atomic E-state index is 0.215. The summed E-state index contributed by atoms with van der Waals surface area (Å²) in [5.74, 6) is 0.585. The van der Waals surface area contributed by atoms with Crippen molar-refractivity contribution in [3.8, 4) is 0 Å². The molecule has 0 spiro atoms. The number of benzene rings is 1. The van der Waals surface area contributed by atoms with Gasteiger partial charge in [0.05, 0.1) is 17.2 Å². The van der Waals surface area contributed by atoms with Gasteiger partial charge in [-0.05, 0) is 37.6 Å². The number of rotatable bonds is 8. The molecular weight excluding hydrogens is 317 g/mol. The Morgan fingerprint density at radius 3 is 2.75 bits per heavy atom. The Labute approximate surface area is 134 Å². The summed E-state index contributed by atoms with van der Waals surface area (Å²) in [4.78, 5) is 12.7. The average Bonchev–Trinajstić information content (AvgIpc) is 2.45. The van der Waals surface area contributed by atoms with Gasteiger partial charge in [-0.25, -0.2) is 0 Å². The van der Waals surface area contributed by atoms with E-state index in [0.717, 1.165) is 23.6 Å². The maximum atomic E-state index is 11.6. The molecule has 0 radical (unpaired) electrons. The Hall–Kier alpha value is -0.420. The largest absolute Gasteiger partial charge is 0.468 e. The van der Waals surface area contributed by atoms with Crippen LogP contribution in [0.2, 0.25) is 10.0 Å². The normalized spacial score (nSPS) is 12.2. The van der Waals surface area contributed by atoms with Gasteiger partial charge in [0.25, 0.3) is 0 Å². The van der Waals surface area contributed by atoms with Crippen molar-refractivity contribution in [1.82, 2.24) is 5.32 Å². The van der Waals surface area contributed by atoms with Gasteiger partial charge in [0.1, 0.15) is 6.04 Å². The monoisotopic (exact) mass is 335 g/mol. The summed E-state index contributed by atoms with van der Waals surface area (Å²) >= 11 is 13.5. The molecule has 0 saturated heterocycles. The minimum atomic E-state index is -0.254. The van der Waals surface area contributed by atoms with Crippen molar-refractivity contribution in [2.45, 2.75) is 30.7 Å². The zero-order chi connectivity index (χ0) is 15.0. The second-order valence-electron chi connectivity index (χ2n) is 4.24. The molecule has 0 aliphatic heterocycles. The van der Waals surface area contributed by atoms with Gasteiger partial charge in [-0.2, -0.15) is 0 Å². The van der Waals surface area contributed by atoms with Crippen LogP contribution in [-0.2, 0) is 9.53 Å². The minimum Gasteiger partial charge on any atom is -0.468 e. The van der Waals surface area contributed by atoms with Crippen LogP contribution in [-0.4, -0.2) is 31.4 Å². The molecule has 6 heteroatoms. The summed E-state index contributed by atoms with van der Waals surface area (Å²) in [5.41, 5.74) is 0. The SMILES string of the molecule is CCCNC(CCSc1ccc(Cl)c(Cl)c1)C(=O)OC. The lowest BCUT2D eigenvalue weighted by Gasteiger charge is -2.15. The van der Waals surface area contributed by atoms with Gasteiger partial charge < -0.3 is 10.1 Å². The first-order valence-corrected chi connectivity index (χ1v) is 8.21. The zero-order valence-corrected chi connectivity index (χ0v) is 13.9. The third-order valence-corrected chi connectivity index (χ3v) is 4.46. The fourth-order valence-corrected chi connectivity index (χ4v) is 2.94. The molecule has 0 fully saturated rings. The summed E-state index contributed by atoms with van der Waals surface area (Å²) in [5, 5.41) is 4.29. The Bertz CT molecular complexity index is 443. The number of esters is 1. The average molecular weight is 336 g/mol. The van der Waals surface area contributed by atoms with E-state index in [1.54, 1.807) is 17.8 Å². The molecule has 0 amide bonds. The number of carbonyl (C=O) groups is 1. The van der Waals surface area contributed by atoms with Crippen LogP contribution in [0.3, 0.4) is 0 Å². The molecule has 112 valence electrons. The predicted octanol–water partition coefficient (Wildman–Crippen LogP) is 4.02. The summed E-state index contributed by atoms with van der Waals surface area (Å²) in [6, 6.07) is 5.28. The number of hydrogen-bond donors (Lipinski definition) is 1. The molecule has 3 nitrogen and oxygen atoms in total. The van der Waals surface area contributed by atoms with E-state index in [9.17, 15) is 4.79 Å². The Morgan fingerprint density at radius 1 is 1.40 bits per heavy atom. The van der Waals surface area contributed by atoms with Crippen molar-refractivity contribution in [1.29, 1.82) is 0 Å². The van der Waals surface area contributed by atoms with E-state index < -0.39 is 0 Å². The summed E-state index contributed by atoms with van der Waals surface area (Å²) < 4.78 is 4.80. The molecule has 1 aromatic carbocycles. The molecule has 0 saturated carbocycles. The van der Waals surface area contributed by atoms with E-state index >= 15 is 0 Å². The third-order valence-electron chi connectivity index (χ3n) is 2.69. The van der Waals surface area contributed by atoms with Crippen LogP contribution in [0.5, 0.6) is 0 Å². The first kappa shape index (κ1) is 17.6. The molecule has 0 aromatic heterocycles. The molecular formula is C14H19Cl2NO2S. The van der Waals surface area contributed by atoms with Crippen molar-refractivity contribution in [3.05, 3.63) is 28.2 Å². The maximum Gasteiger partial charge on any atom is 0.322 e. The Kier molecular flexibility index (Phi) is 8.38. The summed E-state index contributed by atoms with van der Waals surface area (Å²) in [7, 11) is 1.41. The van der Waals surface area contributed by atoms with Gasteiger partial charge in [0.2, 0.25) is 0 Å². The van der Waals surface area contributed by atoms with E-state index in [1.807, 2.05) is 12.1 Å². The van der Waals surface area contributed by atoms with Crippen LogP contribution >= 0.6 is 35.0 Å². The molecule has 1 aromatic rings. The fourth-order valence-electron chi connectivity index (χ4n) is 1.63. The smallest absolute Gasteiger partial charge is 0.322 e. The van der Waals surface area contributed by atoms with Crippen molar-refractivity contribution in [3.63, 3.8) is 0 Å². The second-order valence-corrected chi connectivity index (χ2v) is 6.23. The quantitative estimate of drug-likeness (QED) is 0.575. The highest BCUT2D eigenvalue weighted by Crippen LogP contribution is 2.28. The van der Waals surface area contributed by atoms with Crippen LogP contribution in [0.4, 0.5) is 0 Å². The number of methoxy groups -OCH3 is 1. The molecule has 0 bridgehead atoms. The summed E-state index contributed by atoms with van der Waals surface area (Å²) in [6.07, 6.45) is 1.69. The van der Waals surface area contributed by atoms with Gasteiger partial charge in [0.15, 0.2) is 0 Å². The van der Waals surface area contributed by atoms with Crippen LogP contribution in [0.25, 0.3) is 0 Å². The van der Waals surface area contributed by atoms with Crippen LogP contribution in [0.15, 0.2) is 23.1 Å². The lowest BCUT2D eigenvalue weighted by Crippen LogP contribution is -2.38. The molecule has 0 aliphatic rings. The van der Waals surface area contributed by atoms with E-state index in [-0.39, 0.29) is 12.0 Å². The standard InChI is InChI=1S/C14H19Cl2NO2S/c1-3-7-17-13(14(18)19-2)6-8-20-10-4-5-11(15)12(16)9-10/h4-5,9,13,17H,3,6-8H2,1-2H3. The number of nitrogens with one attached hydrogen (secondary N) is 1. The second kappa shape index (κ2) is 9.50. The number of hydrogen-bond acceptors (Lipinski definition) is 4. The molecule has 1 N–H and O–H groups in total. The maximum absolute atomic E-state index is 11.6. The molecule has 1 rings (SSSR count). The highest BCUT2D eigenvalue weighted by molar-refractivity contribution is 7.99. The molecule has 0 heterocycles. The zero-order valence-electron chi connectivity index (χ0n) is 11.6. The van der Waals surface area contributed by atoms with Crippen molar-refractivity contribution >= 4 is 40.9 Å². The Balaban J connectivity index is 2.46. The lowest BCUT2D eigenvalue weighted by atomic mass is 10.2. The first-order valence-electron chi connectivity index (χ1n) is 6.47. The van der Waals surface area contributed by atoms with E-state index in [1.165, 1.54) is 7.11 Å². The number of carbonyl (C=O) groups excluding carboxylic acids is 1. The van der Waals surface area contributed by atoms with Gasteiger partial charge in [0, 0.05) is 10.6 Å². The van der Waals surface area contributed by atoms with Crippen molar-refractivity contribution < 1.29 is 9.53 Å². The van der Waals surface area contributed by atoms with Crippen molar-refractivity contribution in [2.24, 2.45) is 0 Å². The number of halogens is 2. The first-order chi connectivity index (χ1) is 9.58. The predicted molar refractivity (Wildman–Crippen MR) is 85.9 cm³/mol. The van der Waals surface area contributed by atoms with E-state index in [2.05, 4.69) is 12.2 Å². The third kappa shape index (κ3) is 5.92. The van der Waals surface area contributed by atoms with Crippen molar-refractivity contribution in [2.75, 3.05) is 19.4 Å². The molecule has 1 atom stereocenters. The topological polar surface area (TPSA) is 38.3 Å². The molecule has 1 unspecified atom stereocenters. The van der Waals surface area contributed by atoms with Crippen LogP contribution in [0, 0.1) is 0 Å². The van der Waals surface area contributed by atoms with Gasteiger partial charge >= 0.3 is 5.97 Å². The molecule has 0 aliphatic carbocycles. The Morgan fingerprint density at radius 2 is 2.15 bits per heavy atom. The van der Waals surface area contributed by atoms with E-state index in [4.69, 9.17) is 27.9 Å². The number of ether oxygens (including phenoxy) is 1. The lowest BCUT2D eigenvalue weighted by molar-refractivity contribution is -0.143. The molecule has 20 heavy (non-hydrogen) atoms. The fraction of sp³-hybridized carbons (Fsp3) is 0.500. The highest BCUT2D eigenvalue weighted by Gasteiger charge is 2.17. The van der Waals surface area contributed by atoms with Crippen LogP contribution < -0.4 is 5.32 Å².